The third-order valence-electron chi connectivity index (χ3n) is 3.25. The van der Waals surface area contributed by atoms with E-state index in [9.17, 15) is 10.1 Å². The number of hydrogen-bond donors (Lipinski definition) is 0. The molecule has 0 fully saturated rings. The second-order valence-corrected chi connectivity index (χ2v) is 6.77. The van der Waals surface area contributed by atoms with Crippen LogP contribution >= 0.6 is 22.7 Å². The van der Waals surface area contributed by atoms with Gasteiger partial charge in [-0.2, -0.15) is 0 Å². The zero-order chi connectivity index (χ0) is 16.5. The van der Waals surface area contributed by atoms with Crippen LogP contribution in [-0.2, 0) is 0 Å². The third-order valence-corrected chi connectivity index (χ3v) is 5.13. The average Bonchev–Trinajstić information content (AvgIpc) is 3.30. The van der Waals surface area contributed by atoms with Gasteiger partial charge in [0, 0.05) is 17.5 Å². The molecule has 4 rings (SSSR count). The Kier molecular flexibility index (Phi) is 3.68. The van der Waals surface area contributed by atoms with Crippen LogP contribution in [0.3, 0.4) is 0 Å². The van der Waals surface area contributed by atoms with E-state index in [0.717, 1.165) is 26.2 Å². The van der Waals surface area contributed by atoms with Crippen molar-refractivity contribution in [3.8, 4) is 10.8 Å². The summed E-state index contributed by atoms with van der Waals surface area (Å²) >= 11 is 2.98. The largest absolute Gasteiger partial charge is 0.462 e. The normalized spacial score (nSPS) is 11.5. The molecule has 118 valence electrons. The van der Waals surface area contributed by atoms with E-state index in [2.05, 4.69) is 9.97 Å². The van der Waals surface area contributed by atoms with Crippen LogP contribution in [0.2, 0.25) is 0 Å². The standard InChI is InChI=1S/C16H9N3O3S2/c20-19(21)11-4-5-14-12(8-11)18-15(24-14)6-3-10-9-23-16(17-10)13-2-1-7-22-13/h1-9H/b6-3-. The first-order chi connectivity index (χ1) is 11.7. The maximum atomic E-state index is 10.8. The molecule has 0 N–H and O–H groups in total. The van der Waals surface area contributed by atoms with Crippen molar-refractivity contribution in [3.63, 3.8) is 0 Å². The lowest BCUT2D eigenvalue weighted by Gasteiger charge is -1.89. The summed E-state index contributed by atoms with van der Waals surface area (Å²) in [5.41, 5.74) is 1.49. The summed E-state index contributed by atoms with van der Waals surface area (Å²) in [5, 5.41) is 14.3. The molecule has 0 aliphatic rings. The molecule has 0 bridgehead atoms. The van der Waals surface area contributed by atoms with Crippen LogP contribution in [-0.4, -0.2) is 14.9 Å². The van der Waals surface area contributed by atoms with Crippen molar-refractivity contribution in [1.29, 1.82) is 0 Å². The molecule has 3 heterocycles. The minimum absolute atomic E-state index is 0.0471. The topological polar surface area (TPSA) is 82.1 Å². The van der Waals surface area contributed by atoms with Crippen molar-refractivity contribution in [2.24, 2.45) is 0 Å². The number of nitrogens with zero attached hydrogens (tertiary/aromatic N) is 3. The van der Waals surface area contributed by atoms with E-state index in [0.29, 0.717) is 5.52 Å². The number of thiazole rings is 2. The zero-order valence-electron chi connectivity index (χ0n) is 12.1. The van der Waals surface area contributed by atoms with Gasteiger partial charge in [-0.15, -0.1) is 22.7 Å². The maximum Gasteiger partial charge on any atom is 0.271 e. The van der Waals surface area contributed by atoms with Gasteiger partial charge >= 0.3 is 0 Å². The molecular weight excluding hydrogens is 346 g/mol. The molecular formula is C16H9N3O3S2. The van der Waals surface area contributed by atoms with Gasteiger partial charge in [-0.3, -0.25) is 10.1 Å². The molecule has 0 radical (unpaired) electrons. The Morgan fingerprint density at radius 1 is 1.21 bits per heavy atom. The van der Waals surface area contributed by atoms with Crippen molar-refractivity contribution in [2.45, 2.75) is 0 Å². The van der Waals surface area contributed by atoms with Gasteiger partial charge in [0.1, 0.15) is 5.01 Å². The Morgan fingerprint density at radius 3 is 2.92 bits per heavy atom. The molecule has 1 aromatic carbocycles. The summed E-state index contributed by atoms with van der Waals surface area (Å²) in [4.78, 5) is 19.3. The van der Waals surface area contributed by atoms with Crippen LogP contribution in [0.15, 0.2) is 46.4 Å². The fraction of sp³-hybridized carbons (Fsp3) is 0. The van der Waals surface area contributed by atoms with E-state index in [4.69, 9.17) is 4.42 Å². The molecule has 0 aliphatic carbocycles. The highest BCUT2D eigenvalue weighted by molar-refractivity contribution is 7.19. The van der Waals surface area contributed by atoms with Crippen LogP contribution in [0, 0.1) is 10.1 Å². The molecule has 0 spiro atoms. The Balaban J connectivity index is 1.59. The lowest BCUT2D eigenvalue weighted by molar-refractivity contribution is -0.384. The molecule has 0 saturated heterocycles. The Labute approximate surface area is 143 Å². The first kappa shape index (κ1) is 14.7. The summed E-state index contributed by atoms with van der Waals surface area (Å²) in [6, 6.07) is 8.39. The van der Waals surface area contributed by atoms with Gasteiger partial charge in [-0.05, 0) is 30.4 Å². The zero-order valence-corrected chi connectivity index (χ0v) is 13.7. The Hall–Kier alpha value is -2.84. The summed E-state index contributed by atoms with van der Waals surface area (Å²) in [6.45, 7) is 0. The van der Waals surface area contributed by atoms with Crippen LogP contribution in [0.25, 0.3) is 33.1 Å². The second kappa shape index (κ2) is 5.99. The van der Waals surface area contributed by atoms with Gasteiger partial charge in [0.2, 0.25) is 0 Å². The molecule has 3 aromatic heterocycles. The molecule has 0 unspecified atom stereocenters. The smallest absolute Gasteiger partial charge is 0.271 e. The van der Waals surface area contributed by atoms with E-state index in [-0.39, 0.29) is 5.69 Å². The first-order valence-electron chi connectivity index (χ1n) is 6.91. The van der Waals surface area contributed by atoms with Crippen molar-refractivity contribution in [3.05, 3.63) is 62.8 Å². The quantitative estimate of drug-likeness (QED) is 0.376. The van der Waals surface area contributed by atoms with E-state index in [1.807, 2.05) is 29.7 Å². The number of nitro groups is 1. The predicted octanol–water partition coefficient (Wildman–Crippen LogP) is 5.09. The highest BCUT2D eigenvalue weighted by Crippen LogP contribution is 2.28. The lowest BCUT2D eigenvalue weighted by Crippen LogP contribution is -1.86. The van der Waals surface area contributed by atoms with Gasteiger partial charge in [0.25, 0.3) is 5.69 Å². The van der Waals surface area contributed by atoms with Gasteiger partial charge < -0.3 is 4.42 Å². The van der Waals surface area contributed by atoms with Crippen molar-refractivity contribution in [2.75, 3.05) is 0 Å². The number of hydrogen-bond acceptors (Lipinski definition) is 7. The van der Waals surface area contributed by atoms with Crippen LogP contribution in [0.1, 0.15) is 10.7 Å². The number of fused-ring (bicyclic) bond motifs is 1. The highest BCUT2D eigenvalue weighted by atomic mass is 32.1. The van der Waals surface area contributed by atoms with Crippen molar-refractivity contribution in [1.82, 2.24) is 9.97 Å². The van der Waals surface area contributed by atoms with E-state index < -0.39 is 4.92 Å². The van der Waals surface area contributed by atoms with Gasteiger partial charge in [0.05, 0.1) is 27.1 Å². The molecule has 0 atom stereocenters. The minimum Gasteiger partial charge on any atom is -0.462 e. The van der Waals surface area contributed by atoms with Gasteiger partial charge in [-0.25, -0.2) is 9.97 Å². The van der Waals surface area contributed by atoms with Gasteiger partial charge in [0.15, 0.2) is 10.8 Å². The number of nitro benzene ring substituents is 1. The minimum atomic E-state index is -0.417. The number of aromatic nitrogens is 2. The van der Waals surface area contributed by atoms with Gasteiger partial charge in [-0.1, -0.05) is 0 Å². The van der Waals surface area contributed by atoms with Crippen molar-refractivity contribution >= 4 is 50.7 Å². The monoisotopic (exact) mass is 355 g/mol. The highest BCUT2D eigenvalue weighted by Gasteiger charge is 2.09. The summed E-state index contributed by atoms with van der Waals surface area (Å²) in [5.74, 6) is 0.743. The second-order valence-electron chi connectivity index (χ2n) is 4.85. The SMILES string of the molecule is O=[N+]([O-])c1ccc2sc(/C=C\c3csc(-c4ccco4)n3)nc2c1. The summed E-state index contributed by atoms with van der Waals surface area (Å²) in [6.07, 6.45) is 5.35. The summed E-state index contributed by atoms with van der Waals surface area (Å²) in [7, 11) is 0. The average molecular weight is 355 g/mol. The number of rotatable bonds is 4. The first-order valence-corrected chi connectivity index (χ1v) is 8.61. The predicted molar refractivity (Wildman–Crippen MR) is 95.0 cm³/mol. The molecule has 0 aliphatic heterocycles. The molecule has 6 nitrogen and oxygen atoms in total. The maximum absolute atomic E-state index is 10.8. The molecule has 24 heavy (non-hydrogen) atoms. The van der Waals surface area contributed by atoms with Crippen molar-refractivity contribution < 1.29 is 9.34 Å². The molecule has 0 amide bonds. The number of non-ortho nitro benzene ring substituents is 1. The van der Waals surface area contributed by atoms with Crippen LogP contribution < -0.4 is 0 Å². The van der Waals surface area contributed by atoms with E-state index in [1.165, 1.54) is 34.8 Å². The Morgan fingerprint density at radius 2 is 2.12 bits per heavy atom. The number of furan rings is 1. The van der Waals surface area contributed by atoms with E-state index >= 15 is 0 Å². The lowest BCUT2D eigenvalue weighted by atomic mass is 10.3. The fourth-order valence-corrected chi connectivity index (χ4v) is 3.76. The summed E-state index contributed by atoms with van der Waals surface area (Å²) < 4.78 is 6.24. The molecule has 0 saturated carbocycles. The van der Waals surface area contributed by atoms with Crippen LogP contribution in [0.4, 0.5) is 5.69 Å². The third kappa shape index (κ3) is 2.84. The molecule has 8 heteroatoms. The molecule has 4 aromatic rings. The fourth-order valence-electron chi connectivity index (χ4n) is 2.15. The Bertz CT molecular complexity index is 1050. The van der Waals surface area contributed by atoms with Crippen LogP contribution in [0.5, 0.6) is 0 Å². The van der Waals surface area contributed by atoms with E-state index in [1.54, 1.807) is 12.3 Å². The number of benzene rings is 1.